The summed E-state index contributed by atoms with van der Waals surface area (Å²) in [6.07, 6.45) is 0. The van der Waals surface area contributed by atoms with Crippen LogP contribution in [0.3, 0.4) is 0 Å². The zero-order valence-corrected chi connectivity index (χ0v) is 20.8. The highest BCUT2D eigenvalue weighted by molar-refractivity contribution is 6.67. The maximum Gasteiger partial charge on any atom is 0.495 e. The molecule has 2 aliphatic heterocycles. The Balaban J connectivity index is 2.03. The second-order valence-corrected chi connectivity index (χ2v) is 11.5. The lowest BCUT2D eigenvalue weighted by molar-refractivity contribution is 0.00578. The van der Waals surface area contributed by atoms with Crippen LogP contribution in [0, 0.1) is 0 Å². The average Bonchev–Trinajstić information content (AvgIpc) is 2.92. The van der Waals surface area contributed by atoms with Crippen LogP contribution in [0.1, 0.15) is 86.5 Å². The molecule has 31 heavy (non-hydrogen) atoms. The van der Waals surface area contributed by atoms with Crippen molar-refractivity contribution in [3.63, 3.8) is 0 Å². The maximum atomic E-state index is 13.0. The van der Waals surface area contributed by atoms with Crippen molar-refractivity contribution in [3.05, 3.63) is 23.8 Å². The molecule has 0 atom stereocenters. The van der Waals surface area contributed by atoms with Crippen LogP contribution in [0.2, 0.25) is 0 Å². The Morgan fingerprint density at radius 3 is 1.61 bits per heavy atom. The minimum absolute atomic E-state index is 0.411. The third kappa shape index (κ3) is 4.58. The molecule has 2 fully saturated rings. The minimum Gasteiger partial charge on any atom is -0.456 e. The summed E-state index contributed by atoms with van der Waals surface area (Å²) in [6.45, 7) is 21.5. The fourth-order valence-electron chi connectivity index (χ4n) is 3.39. The van der Waals surface area contributed by atoms with E-state index in [4.69, 9.17) is 23.4 Å². The van der Waals surface area contributed by atoms with E-state index in [0.717, 1.165) is 5.46 Å². The number of esters is 1. The highest BCUT2D eigenvalue weighted by atomic mass is 16.7. The maximum absolute atomic E-state index is 13.0. The van der Waals surface area contributed by atoms with Gasteiger partial charge in [-0.15, -0.1) is 0 Å². The van der Waals surface area contributed by atoms with Crippen LogP contribution in [0.4, 0.5) is 0 Å². The Morgan fingerprint density at radius 2 is 1.19 bits per heavy atom. The first-order valence-electron chi connectivity index (χ1n) is 10.9. The number of hydrogen-bond donors (Lipinski definition) is 0. The number of hydrogen-bond acceptors (Lipinski definition) is 6. The lowest BCUT2D eigenvalue weighted by atomic mass is 9.70. The molecule has 170 valence electrons. The van der Waals surface area contributed by atoms with Crippen LogP contribution >= 0.6 is 0 Å². The molecule has 0 aromatic heterocycles. The predicted octanol–water partition coefficient (Wildman–Crippen LogP) is 3.24. The first-order valence-corrected chi connectivity index (χ1v) is 10.9. The second-order valence-electron chi connectivity index (χ2n) is 11.5. The molecule has 0 amide bonds. The summed E-state index contributed by atoms with van der Waals surface area (Å²) in [5.41, 5.74) is -0.802. The number of carbonyl (C=O) groups excluding carboxylic acids is 1. The second kappa shape index (κ2) is 7.34. The van der Waals surface area contributed by atoms with Gasteiger partial charge in [-0.05, 0) is 93.2 Å². The Labute approximate surface area is 187 Å². The summed E-state index contributed by atoms with van der Waals surface area (Å²) >= 11 is 0. The van der Waals surface area contributed by atoms with E-state index in [0.29, 0.717) is 11.0 Å². The van der Waals surface area contributed by atoms with E-state index in [-0.39, 0.29) is 0 Å². The van der Waals surface area contributed by atoms with Gasteiger partial charge in [0.05, 0.1) is 28.0 Å². The van der Waals surface area contributed by atoms with Gasteiger partial charge in [0, 0.05) is 0 Å². The molecule has 6 nitrogen and oxygen atoms in total. The Morgan fingerprint density at radius 1 is 0.774 bits per heavy atom. The summed E-state index contributed by atoms with van der Waals surface area (Å²) < 4.78 is 30.6. The van der Waals surface area contributed by atoms with Crippen molar-refractivity contribution in [2.45, 2.75) is 104 Å². The van der Waals surface area contributed by atoms with Crippen LogP contribution in [-0.2, 0) is 23.4 Å². The topological polar surface area (TPSA) is 63.2 Å². The molecule has 0 aliphatic carbocycles. The highest BCUT2D eigenvalue weighted by Gasteiger charge is 2.54. The fraction of sp³-hybridized carbons (Fsp3) is 0.696. The third-order valence-corrected chi connectivity index (χ3v) is 6.73. The summed E-state index contributed by atoms with van der Waals surface area (Å²) in [5, 5.41) is 0. The molecular formula is C23H36B2O6. The fourth-order valence-corrected chi connectivity index (χ4v) is 3.39. The summed E-state index contributed by atoms with van der Waals surface area (Å²) in [5.74, 6) is -0.419. The van der Waals surface area contributed by atoms with Crippen molar-refractivity contribution in [2.75, 3.05) is 0 Å². The standard InChI is InChI=1S/C23H36B2O6/c1-19(2,3)27-18(26)16-13-12-15(24-28-20(4,5)21(6,7)29-24)14-17(16)25-30-22(8,9)23(10,11)31-25/h12-14H,1-11H3. The quantitative estimate of drug-likeness (QED) is 0.542. The van der Waals surface area contributed by atoms with Gasteiger partial charge in [-0.1, -0.05) is 12.1 Å². The van der Waals surface area contributed by atoms with Gasteiger partial charge < -0.3 is 23.4 Å². The van der Waals surface area contributed by atoms with Gasteiger partial charge >= 0.3 is 20.2 Å². The molecule has 0 saturated carbocycles. The number of carbonyl (C=O) groups is 1. The van der Waals surface area contributed by atoms with Crippen molar-refractivity contribution in [3.8, 4) is 0 Å². The molecule has 2 aliphatic rings. The molecule has 0 radical (unpaired) electrons. The largest absolute Gasteiger partial charge is 0.495 e. The van der Waals surface area contributed by atoms with Gasteiger partial charge in [0.15, 0.2) is 0 Å². The lowest BCUT2D eigenvalue weighted by Gasteiger charge is -2.32. The zero-order chi connectivity index (χ0) is 23.6. The molecular weight excluding hydrogens is 394 g/mol. The molecule has 1 aromatic rings. The molecule has 0 spiro atoms. The SMILES string of the molecule is CC(C)(C)OC(=O)c1ccc(B2OC(C)(C)C(C)(C)O2)cc1B1OC(C)(C)C(C)(C)O1. The van der Waals surface area contributed by atoms with Gasteiger partial charge in [-0.25, -0.2) is 4.79 Å². The van der Waals surface area contributed by atoms with Gasteiger partial charge in [0.2, 0.25) is 0 Å². The number of rotatable bonds is 3. The van der Waals surface area contributed by atoms with E-state index in [2.05, 4.69) is 0 Å². The predicted molar refractivity (Wildman–Crippen MR) is 123 cm³/mol. The van der Waals surface area contributed by atoms with Gasteiger partial charge in [-0.3, -0.25) is 0 Å². The van der Waals surface area contributed by atoms with Crippen molar-refractivity contribution in [1.82, 2.24) is 0 Å². The van der Waals surface area contributed by atoms with Crippen molar-refractivity contribution in [1.29, 1.82) is 0 Å². The van der Waals surface area contributed by atoms with Crippen LogP contribution in [-0.4, -0.2) is 48.2 Å². The first kappa shape index (κ1) is 24.3. The number of ether oxygens (including phenoxy) is 1. The van der Waals surface area contributed by atoms with Crippen LogP contribution in [0.15, 0.2) is 18.2 Å². The molecule has 2 saturated heterocycles. The third-order valence-electron chi connectivity index (χ3n) is 6.73. The van der Waals surface area contributed by atoms with Gasteiger partial charge in [-0.2, -0.15) is 0 Å². The van der Waals surface area contributed by atoms with Crippen molar-refractivity contribution in [2.24, 2.45) is 0 Å². The molecule has 0 unspecified atom stereocenters. The van der Waals surface area contributed by atoms with Crippen molar-refractivity contribution < 1.29 is 28.1 Å². The van der Waals surface area contributed by atoms with Crippen molar-refractivity contribution >= 4 is 31.1 Å². The molecule has 2 heterocycles. The summed E-state index contributed by atoms with van der Waals surface area (Å²) in [4.78, 5) is 13.0. The summed E-state index contributed by atoms with van der Waals surface area (Å²) in [6, 6.07) is 5.47. The lowest BCUT2D eigenvalue weighted by Crippen LogP contribution is -2.44. The zero-order valence-electron chi connectivity index (χ0n) is 20.8. The molecule has 0 bridgehead atoms. The van der Waals surface area contributed by atoms with E-state index < -0.39 is 48.2 Å². The molecule has 3 rings (SSSR count). The molecule has 0 N–H and O–H groups in total. The normalized spacial score (nSPS) is 23.8. The van der Waals surface area contributed by atoms with E-state index in [1.54, 1.807) is 6.07 Å². The summed E-state index contributed by atoms with van der Waals surface area (Å²) in [7, 11) is -1.27. The van der Waals surface area contributed by atoms with Crippen LogP contribution in [0.5, 0.6) is 0 Å². The average molecular weight is 430 g/mol. The van der Waals surface area contributed by atoms with Gasteiger partial charge in [0.25, 0.3) is 0 Å². The van der Waals surface area contributed by atoms with E-state index in [1.165, 1.54) is 0 Å². The van der Waals surface area contributed by atoms with Crippen LogP contribution in [0.25, 0.3) is 0 Å². The molecule has 8 heteroatoms. The van der Waals surface area contributed by atoms with Gasteiger partial charge in [0.1, 0.15) is 5.60 Å². The smallest absolute Gasteiger partial charge is 0.456 e. The Hall–Kier alpha value is -1.34. The molecule has 1 aromatic carbocycles. The minimum atomic E-state index is -0.713. The van der Waals surface area contributed by atoms with E-state index in [9.17, 15) is 4.79 Å². The first-order chi connectivity index (χ1) is 13.9. The Kier molecular flexibility index (Phi) is 5.75. The van der Waals surface area contributed by atoms with Crippen LogP contribution < -0.4 is 10.9 Å². The highest BCUT2D eigenvalue weighted by Crippen LogP contribution is 2.38. The number of benzene rings is 1. The Bertz CT molecular complexity index is 837. The van der Waals surface area contributed by atoms with E-state index >= 15 is 0 Å². The van der Waals surface area contributed by atoms with E-state index in [1.807, 2.05) is 88.3 Å². The monoisotopic (exact) mass is 430 g/mol.